The van der Waals surface area contributed by atoms with E-state index in [0.29, 0.717) is 11.1 Å². The van der Waals surface area contributed by atoms with Crippen LogP contribution in [0, 0.1) is 0 Å². The predicted molar refractivity (Wildman–Crippen MR) is 83.2 cm³/mol. The highest BCUT2D eigenvalue weighted by molar-refractivity contribution is 9.10. The molecule has 0 spiro atoms. The maximum absolute atomic E-state index is 12.0. The summed E-state index contributed by atoms with van der Waals surface area (Å²) >= 11 is 6.58. The number of hydrogen-bond acceptors (Lipinski definition) is 3. The third-order valence-corrected chi connectivity index (χ3v) is 3.63. The van der Waals surface area contributed by atoms with Crippen LogP contribution in [-0.4, -0.2) is 11.8 Å². The van der Waals surface area contributed by atoms with Gasteiger partial charge in [0, 0.05) is 8.95 Å². The Bertz CT molecular complexity index is 663. The lowest BCUT2D eigenvalue weighted by Gasteiger charge is -2.08. The number of halogens is 2. The summed E-state index contributed by atoms with van der Waals surface area (Å²) in [6, 6.07) is 11.8. The molecular formula is C15H10Br2O3. The number of carbonyl (C=O) groups is 2. The van der Waals surface area contributed by atoms with E-state index in [0.717, 1.165) is 8.95 Å². The van der Waals surface area contributed by atoms with Crippen LogP contribution in [0.1, 0.15) is 27.6 Å². The molecule has 0 aliphatic heterocycles. The molecule has 0 saturated heterocycles. The monoisotopic (exact) mass is 396 g/mol. The van der Waals surface area contributed by atoms with Crippen LogP contribution in [0.2, 0.25) is 0 Å². The van der Waals surface area contributed by atoms with E-state index in [1.807, 2.05) is 0 Å². The molecule has 20 heavy (non-hydrogen) atoms. The largest absolute Gasteiger partial charge is 0.422 e. The van der Waals surface area contributed by atoms with E-state index >= 15 is 0 Å². The van der Waals surface area contributed by atoms with Crippen LogP contribution in [0.25, 0.3) is 0 Å². The van der Waals surface area contributed by atoms with Crippen molar-refractivity contribution in [3.05, 3.63) is 62.5 Å². The third kappa shape index (κ3) is 3.55. The zero-order chi connectivity index (χ0) is 14.7. The summed E-state index contributed by atoms with van der Waals surface area (Å²) in [5, 5.41) is 0. The Morgan fingerprint density at radius 1 is 0.950 bits per heavy atom. The first-order valence-electron chi connectivity index (χ1n) is 5.75. The van der Waals surface area contributed by atoms with Crippen molar-refractivity contribution >= 4 is 43.6 Å². The summed E-state index contributed by atoms with van der Waals surface area (Å²) < 4.78 is 6.92. The van der Waals surface area contributed by atoms with Crippen LogP contribution >= 0.6 is 31.9 Å². The van der Waals surface area contributed by atoms with E-state index in [4.69, 9.17) is 4.74 Å². The fraction of sp³-hybridized carbons (Fsp3) is 0.0667. The number of Topliss-reactive ketones (excluding diaryl/α,β-unsaturated/α-hetero) is 1. The maximum atomic E-state index is 12.0. The topological polar surface area (TPSA) is 43.4 Å². The van der Waals surface area contributed by atoms with E-state index < -0.39 is 5.97 Å². The van der Waals surface area contributed by atoms with Crippen molar-refractivity contribution in [3.63, 3.8) is 0 Å². The van der Waals surface area contributed by atoms with Crippen molar-refractivity contribution in [2.75, 3.05) is 0 Å². The quantitative estimate of drug-likeness (QED) is 0.430. The first kappa shape index (κ1) is 14.9. The van der Waals surface area contributed by atoms with Crippen molar-refractivity contribution < 1.29 is 14.3 Å². The second-order valence-electron chi connectivity index (χ2n) is 4.09. The molecule has 0 unspecified atom stereocenters. The van der Waals surface area contributed by atoms with Crippen LogP contribution in [-0.2, 0) is 0 Å². The van der Waals surface area contributed by atoms with Crippen LogP contribution in [0.3, 0.4) is 0 Å². The fourth-order valence-electron chi connectivity index (χ4n) is 1.61. The fourth-order valence-corrected chi connectivity index (χ4v) is 2.24. The second-order valence-corrected chi connectivity index (χ2v) is 5.92. The van der Waals surface area contributed by atoms with Gasteiger partial charge < -0.3 is 4.74 Å². The maximum Gasteiger partial charge on any atom is 0.343 e. The Hall–Kier alpha value is -1.46. The molecule has 0 fully saturated rings. The van der Waals surface area contributed by atoms with E-state index in [9.17, 15) is 9.59 Å². The molecule has 2 aromatic rings. The van der Waals surface area contributed by atoms with Gasteiger partial charge in [0.1, 0.15) is 5.75 Å². The predicted octanol–water partition coefficient (Wildman–Crippen LogP) is 4.63. The van der Waals surface area contributed by atoms with Crippen molar-refractivity contribution in [1.29, 1.82) is 0 Å². The van der Waals surface area contributed by atoms with Crippen molar-refractivity contribution in [2.24, 2.45) is 0 Å². The number of benzene rings is 2. The van der Waals surface area contributed by atoms with E-state index in [2.05, 4.69) is 31.9 Å². The molecule has 2 rings (SSSR count). The van der Waals surface area contributed by atoms with E-state index in [-0.39, 0.29) is 11.5 Å². The first-order chi connectivity index (χ1) is 9.47. The molecule has 102 valence electrons. The minimum atomic E-state index is -0.498. The highest BCUT2D eigenvalue weighted by Gasteiger charge is 2.14. The zero-order valence-corrected chi connectivity index (χ0v) is 13.7. The molecule has 0 aromatic heterocycles. The molecule has 0 N–H and O–H groups in total. The normalized spacial score (nSPS) is 10.2. The molecule has 5 heteroatoms. The summed E-state index contributed by atoms with van der Waals surface area (Å²) in [5.41, 5.74) is 0.787. The summed E-state index contributed by atoms with van der Waals surface area (Å²) in [6.45, 7) is 1.43. The number of ether oxygens (including phenoxy) is 1. The van der Waals surface area contributed by atoms with Gasteiger partial charge in [-0.1, -0.05) is 31.9 Å². The lowest BCUT2D eigenvalue weighted by Crippen LogP contribution is -2.10. The minimum Gasteiger partial charge on any atom is -0.422 e. The van der Waals surface area contributed by atoms with Gasteiger partial charge in [-0.2, -0.15) is 0 Å². The van der Waals surface area contributed by atoms with Gasteiger partial charge in [0.15, 0.2) is 5.78 Å². The zero-order valence-electron chi connectivity index (χ0n) is 10.5. The lowest BCUT2D eigenvalue weighted by molar-refractivity contribution is 0.0733. The summed E-state index contributed by atoms with van der Waals surface area (Å²) in [6.07, 6.45) is 0. The van der Waals surface area contributed by atoms with Crippen molar-refractivity contribution in [3.8, 4) is 5.75 Å². The van der Waals surface area contributed by atoms with Crippen LogP contribution < -0.4 is 4.74 Å². The molecule has 0 heterocycles. The van der Waals surface area contributed by atoms with Gasteiger partial charge in [-0.15, -0.1) is 0 Å². The SMILES string of the molecule is CC(=O)c1cc(Br)ccc1OC(=O)c1ccc(Br)cc1. The van der Waals surface area contributed by atoms with Crippen LogP contribution in [0.5, 0.6) is 5.75 Å². The number of esters is 1. The van der Waals surface area contributed by atoms with Crippen LogP contribution in [0.4, 0.5) is 0 Å². The molecule has 3 nitrogen and oxygen atoms in total. The summed E-state index contributed by atoms with van der Waals surface area (Å²) in [5.74, 6) is -0.402. The molecule has 0 aliphatic carbocycles. The number of carbonyl (C=O) groups excluding carboxylic acids is 2. The minimum absolute atomic E-state index is 0.162. The molecule has 0 saturated carbocycles. The molecule has 0 atom stereocenters. The van der Waals surface area contributed by atoms with Gasteiger partial charge in [0.05, 0.1) is 11.1 Å². The van der Waals surface area contributed by atoms with E-state index in [1.165, 1.54) is 6.92 Å². The van der Waals surface area contributed by atoms with Crippen molar-refractivity contribution in [2.45, 2.75) is 6.92 Å². The molecule has 0 amide bonds. The first-order valence-corrected chi connectivity index (χ1v) is 7.34. The second kappa shape index (κ2) is 6.33. The summed E-state index contributed by atoms with van der Waals surface area (Å²) in [4.78, 5) is 23.6. The smallest absolute Gasteiger partial charge is 0.343 e. The third-order valence-electron chi connectivity index (χ3n) is 2.60. The average molecular weight is 398 g/mol. The lowest BCUT2D eigenvalue weighted by atomic mass is 10.1. The number of ketones is 1. The van der Waals surface area contributed by atoms with E-state index in [1.54, 1.807) is 42.5 Å². The molecule has 2 aromatic carbocycles. The average Bonchev–Trinajstić information content (AvgIpc) is 2.41. The number of hydrogen-bond donors (Lipinski definition) is 0. The number of rotatable bonds is 3. The highest BCUT2D eigenvalue weighted by Crippen LogP contribution is 2.24. The Kier molecular flexibility index (Phi) is 4.73. The molecule has 0 aliphatic rings. The van der Waals surface area contributed by atoms with Crippen molar-refractivity contribution in [1.82, 2.24) is 0 Å². The Labute approximate surface area is 133 Å². The van der Waals surface area contributed by atoms with Gasteiger partial charge in [-0.05, 0) is 49.4 Å². The van der Waals surface area contributed by atoms with Gasteiger partial charge >= 0.3 is 5.97 Å². The Morgan fingerprint density at radius 2 is 1.55 bits per heavy atom. The molecule has 0 bridgehead atoms. The highest BCUT2D eigenvalue weighted by atomic mass is 79.9. The van der Waals surface area contributed by atoms with Gasteiger partial charge in [0.2, 0.25) is 0 Å². The van der Waals surface area contributed by atoms with Gasteiger partial charge in [0.25, 0.3) is 0 Å². The standard InChI is InChI=1S/C15H10Br2O3/c1-9(18)13-8-12(17)6-7-14(13)20-15(19)10-2-4-11(16)5-3-10/h2-8H,1H3. The Morgan fingerprint density at radius 3 is 2.15 bits per heavy atom. The van der Waals surface area contributed by atoms with Gasteiger partial charge in [-0.3, -0.25) is 4.79 Å². The summed E-state index contributed by atoms with van der Waals surface area (Å²) in [7, 11) is 0. The Balaban J connectivity index is 2.28. The molecular weight excluding hydrogens is 388 g/mol. The van der Waals surface area contributed by atoms with Crippen LogP contribution in [0.15, 0.2) is 51.4 Å². The molecule has 0 radical (unpaired) electrons. The van der Waals surface area contributed by atoms with Gasteiger partial charge in [-0.25, -0.2) is 4.79 Å².